The summed E-state index contributed by atoms with van der Waals surface area (Å²) in [5, 5.41) is 0. The van der Waals surface area contributed by atoms with Gasteiger partial charge in [-0.25, -0.2) is 0 Å². The van der Waals surface area contributed by atoms with Crippen molar-refractivity contribution in [3.63, 3.8) is 0 Å². The van der Waals surface area contributed by atoms with Crippen LogP contribution in [0.1, 0.15) is 39.0 Å². The van der Waals surface area contributed by atoms with Crippen LogP contribution in [0.4, 0.5) is 0 Å². The maximum Gasteiger partial charge on any atom is 0.226 e. The number of rotatable bonds is 1. The molecule has 1 saturated carbocycles. The molecule has 0 N–H and O–H groups in total. The van der Waals surface area contributed by atoms with Gasteiger partial charge < -0.3 is 9.64 Å². The van der Waals surface area contributed by atoms with E-state index in [0.717, 1.165) is 18.8 Å². The minimum atomic E-state index is 0.288. The topological polar surface area (TPSA) is 29.5 Å². The molecule has 14 heavy (non-hydrogen) atoms. The molecule has 2 aliphatic rings. The van der Waals surface area contributed by atoms with Gasteiger partial charge in [0.05, 0.1) is 13.0 Å². The summed E-state index contributed by atoms with van der Waals surface area (Å²) < 4.78 is 5.34. The van der Waals surface area contributed by atoms with E-state index < -0.39 is 0 Å². The van der Waals surface area contributed by atoms with Gasteiger partial charge in [0.15, 0.2) is 0 Å². The van der Waals surface area contributed by atoms with Gasteiger partial charge in [-0.2, -0.15) is 0 Å². The summed E-state index contributed by atoms with van der Waals surface area (Å²) in [5.74, 6) is 1.13. The Morgan fingerprint density at radius 1 is 1.29 bits per heavy atom. The summed E-state index contributed by atoms with van der Waals surface area (Å²) in [5.41, 5.74) is 0. The minimum absolute atomic E-state index is 0.288. The second-order valence-electron chi connectivity index (χ2n) is 4.56. The van der Waals surface area contributed by atoms with Gasteiger partial charge in [0, 0.05) is 6.04 Å². The summed E-state index contributed by atoms with van der Waals surface area (Å²) in [6.07, 6.45) is 5.42. The number of carbonyl (C=O) groups excluding carboxylic acids is 1. The summed E-state index contributed by atoms with van der Waals surface area (Å²) in [6, 6.07) is 0.457. The van der Waals surface area contributed by atoms with Crippen LogP contribution in [0.25, 0.3) is 0 Å². The molecule has 1 amide bonds. The van der Waals surface area contributed by atoms with Gasteiger partial charge in [-0.3, -0.25) is 4.79 Å². The van der Waals surface area contributed by atoms with E-state index >= 15 is 0 Å². The Kier molecular flexibility index (Phi) is 3.06. The maximum absolute atomic E-state index is 11.6. The van der Waals surface area contributed by atoms with Crippen LogP contribution in [0, 0.1) is 5.92 Å². The van der Waals surface area contributed by atoms with Gasteiger partial charge in [0.1, 0.15) is 6.73 Å². The summed E-state index contributed by atoms with van der Waals surface area (Å²) in [7, 11) is 0. The Bertz CT molecular complexity index is 209. The highest BCUT2D eigenvalue weighted by atomic mass is 16.5. The average Bonchev–Trinajstić information content (AvgIpc) is 2.20. The number of amides is 1. The summed E-state index contributed by atoms with van der Waals surface area (Å²) in [6.45, 7) is 3.43. The largest absolute Gasteiger partial charge is 0.360 e. The summed E-state index contributed by atoms with van der Waals surface area (Å²) in [4.78, 5) is 13.6. The average molecular weight is 197 g/mol. The van der Waals surface area contributed by atoms with E-state index in [1.807, 2.05) is 4.90 Å². The van der Waals surface area contributed by atoms with Crippen molar-refractivity contribution >= 4 is 5.91 Å². The quantitative estimate of drug-likeness (QED) is 0.641. The fraction of sp³-hybridized carbons (Fsp3) is 0.909. The molecule has 3 heteroatoms. The van der Waals surface area contributed by atoms with Crippen molar-refractivity contribution in [1.82, 2.24) is 4.90 Å². The molecule has 2 rings (SSSR count). The first-order chi connectivity index (χ1) is 6.77. The van der Waals surface area contributed by atoms with Crippen molar-refractivity contribution in [2.24, 2.45) is 5.92 Å². The summed E-state index contributed by atoms with van der Waals surface area (Å²) >= 11 is 0. The van der Waals surface area contributed by atoms with Crippen LogP contribution >= 0.6 is 0 Å². The van der Waals surface area contributed by atoms with Gasteiger partial charge in [-0.15, -0.1) is 0 Å². The molecule has 1 aliphatic heterocycles. The third-order valence-corrected chi connectivity index (χ3v) is 3.44. The fourth-order valence-corrected chi connectivity index (χ4v) is 2.40. The smallest absolute Gasteiger partial charge is 0.226 e. The van der Waals surface area contributed by atoms with E-state index in [1.54, 1.807) is 0 Å². The van der Waals surface area contributed by atoms with Gasteiger partial charge in [0.25, 0.3) is 0 Å². The zero-order chi connectivity index (χ0) is 9.97. The molecule has 3 nitrogen and oxygen atoms in total. The zero-order valence-corrected chi connectivity index (χ0v) is 8.87. The predicted molar refractivity (Wildman–Crippen MR) is 53.7 cm³/mol. The maximum atomic E-state index is 11.6. The van der Waals surface area contributed by atoms with Crippen molar-refractivity contribution in [2.75, 3.05) is 13.3 Å². The Morgan fingerprint density at radius 2 is 2.00 bits per heavy atom. The highest BCUT2D eigenvalue weighted by Crippen LogP contribution is 2.28. The lowest BCUT2D eigenvalue weighted by Gasteiger charge is -2.37. The molecule has 0 radical (unpaired) electrons. The minimum Gasteiger partial charge on any atom is -0.360 e. The zero-order valence-electron chi connectivity index (χ0n) is 8.87. The Balaban J connectivity index is 1.90. The van der Waals surface area contributed by atoms with Gasteiger partial charge >= 0.3 is 0 Å². The molecule has 0 aromatic heterocycles. The van der Waals surface area contributed by atoms with E-state index in [9.17, 15) is 4.79 Å². The van der Waals surface area contributed by atoms with Crippen LogP contribution in [-0.4, -0.2) is 30.2 Å². The predicted octanol–water partition coefficient (Wildman–Crippen LogP) is 1.77. The normalized spacial score (nSPS) is 34.6. The van der Waals surface area contributed by atoms with Crippen molar-refractivity contribution in [2.45, 2.75) is 45.1 Å². The third-order valence-electron chi connectivity index (χ3n) is 3.44. The van der Waals surface area contributed by atoms with E-state index in [4.69, 9.17) is 4.74 Å². The molecule has 0 aromatic carbocycles. The van der Waals surface area contributed by atoms with E-state index in [0.29, 0.717) is 25.8 Å². The lowest BCUT2D eigenvalue weighted by Crippen LogP contribution is -2.46. The molecule has 1 heterocycles. The molecule has 0 unspecified atom stereocenters. The van der Waals surface area contributed by atoms with Gasteiger partial charge in [0.2, 0.25) is 5.91 Å². The first-order valence-corrected chi connectivity index (χ1v) is 5.64. The van der Waals surface area contributed by atoms with Crippen molar-refractivity contribution in [3.05, 3.63) is 0 Å². The Hall–Kier alpha value is -0.570. The van der Waals surface area contributed by atoms with Gasteiger partial charge in [-0.05, 0) is 31.6 Å². The molecular weight excluding hydrogens is 178 g/mol. The number of carbonyl (C=O) groups is 1. The van der Waals surface area contributed by atoms with Crippen LogP contribution in [0.5, 0.6) is 0 Å². The van der Waals surface area contributed by atoms with Crippen LogP contribution in [0.15, 0.2) is 0 Å². The molecule has 1 saturated heterocycles. The van der Waals surface area contributed by atoms with Crippen molar-refractivity contribution in [3.8, 4) is 0 Å². The lowest BCUT2D eigenvalue weighted by atomic mass is 9.86. The van der Waals surface area contributed by atoms with Gasteiger partial charge in [-0.1, -0.05) is 6.92 Å². The highest BCUT2D eigenvalue weighted by molar-refractivity contribution is 5.77. The molecule has 0 bridgehead atoms. The molecule has 80 valence electrons. The Labute approximate surface area is 85.4 Å². The number of hydrogen-bond acceptors (Lipinski definition) is 2. The highest BCUT2D eigenvalue weighted by Gasteiger charge is 2.29. The van der Waals surface area contributed by atoms with Crippen LogP contribution in [-0.2, 0) is 9.53 Å². The fourth-order valence-electron chi connectivity index (χ4n) is 2.40. The van der Waals surface area contributed by atoms with Crippen molar-refractivity contribution in [1.29, 1.82) is 0 Å². The van der Waals surface area contributed by atoms with Crippen LogP contribution in [0.3, 0.4) is 0 Å². The lowest BCUT2D eigenvalue weighted by molar-refractivity contribution is -0.151. The second-order valence-corrected chi connectivity index (χ2v) is 4.56. The van der Waals surface area contributed by atoms with E-state index in [-0.39, 0.29) is 5.91 Å². The Morgan fingerprint density at radius 3 is 2.64 bits per heavy atom. The number of nitrogens with zero attached hydrogens (tertiary/aromatic N) is 1. The second kappa shape index (κ2) is 4.30. The molecule has 0 aromatic rings. The van der Waals surface area contributed by atoms with Crippen LogP contribution in [0.2, 0.25) is 0 Å². The standard InChI is InChI=1S/C11H19NO2/c1-9-2-4-10(5-3-9)12-8-14-7-6-11(12)13/h9-10H,2-8H2,1H3. The number of hydrogen-bond donors (Lipinski definition) is 0. The first-order valence-electron chi connectivity index (χ1n) is 5.64. The molecular formula is C11H19NO2. The molecule has 0 atom stereocenters. The van der Waals surface area contributed by atoms with Crippen LogP contribution < -0.4 is 0 Å². The number of ether oxygens (including phenoxy) is 1. The third kappa shape index (κ3) is 2.08. The van der Waals surface area contributed by atoms with E-state index in [2.05, 4.69) is 6.92 Å². The monoisotopic (exact) mass is 197 g/mol. The SMILES string of the molecule is CC1CCC(N2COCCC2=O)CC1. The van der Waals surface area contributed by atoms with E-state index in [1.165, 1.54) is 12.8 Å². The van der Waals surface area contributed by atoms with Crippen molar-refractivity contribution < 1.29 is 9.53 Å². The molecule has 2 fully saturated rings. The molecule has 0 spiro atoms. The molecule has 1 aliphatic carbocycles. The first kappa shape index (κ1) is 9.97.